The van der Waals surface area contributed by atoms with E-state index >= 15 is 0 Å². The number of para-hydroxylation sites is 2. The molecule has 0 saturated carbocycles. The van der Waals surface area contributed by atoms with Crippen LogP contribution in [0.15, 0.2) is 95.4 Å². The van der Waals surface area contributed by atoms with Gasteiger partial charge in [0.1, 0.15) is 6.54 Å². The minimum absolute atomic E-state index is 0.240. The molecule has 0 spiro atoms. The summed E-state index contributed by atoms with van der Waals surface area (Å²) in [6.07, 6.45) is 15.1. The Kier molecular flexibility index (Phi) is 13.2. The standard InChI is InChI=1S/C43H59N3O6S2/c1-32(2)16-15-27-44-41-33(23-25-39-42(3,4)35-17-7-9-19-37(35)45(39)28-11-13-30-53(47,48)49)21-22-34(41)24-26-40-43(5,6)36-18-8-10-20-38(36)46(40)29-12-14-31-54(50,51)52/h7-10,17-20,23-26,32H,11-16,21-22,27-31H2,1-6H3,(H2,47,48,49,50,51,52)/p+1/b33-23+,39-25+. The van der Waals surface area contributed by atoms with Gasteiger partial charge in [-0.1, -0.05) is 76.2 Å². The van der Waals surface area contributed by atoms with Crippen LogP contribution in [0.25, 0.3) is 0 Å². The van der Waals surface area contributed by atoms with E-state index in [1.54, 1.807) is 0 Å². The maximum Gasteiger partial charge on any atom is 0.264 e. The summed E-state index contributed by atoms with van der Waals surface area (Å²) < 4.78 is 66.6. The Hall–Kier alpha value is -3.51. The monoisotopic (exact) mass is 778 g/mol. The summed E-state index contributed by atoms with van der Waals surface area (Å²) in [6, 6.07) is 16.8. The minimum Gasteiger partial charge on any atom is -0.385 e. The van der Waals surface area contributed by atoms with Crippen molar-refractivity contribution in [2.24, 2.45) is 5.92 Å². The predicted octanol–water partition coefficient (Wildman–Crippen LogP) is 8.64. The molecular weight excluding hydrogens is 719 g/mol. The van der Waals surface area contributed by atoms with Crippen LogP contribution in [0.2, 0.25) is 0 Å². The predicted molar refractivity (Wildman–Crippen MR) is 221 cm³/mol. The second-order valence-corrected chi connectivity index (χ2v) is 19.5. The smallest absolute Gasteiger partial charge is 0.264 e. The zero-order chi connectivity index (χ0) is 39.3. The van der Waals surface area contributed by atoms with Crippen LogP contribution in [-0.2, 0) is 31.1 Å². The van der Waals surface area contributed by atoms with Gasteiger partial charge in [0.15, 0.2) is 5.71 Å². The van der Waals surface area contributed by atoms with Crippen LogP contribution >= 0.6 is 0 Å². The number of nitrogens with one attached hydrogen (secondary N) is 1. The molecule has 54 heavy (non-hydrogen) atoms. The van der Waals surface area contributed by atoms with Gasteiger partial charge in [0.2, 0.25) is 5.69 Å². The fourth-order valence-electron chi connectivity index (χ4n) is 8.24. The number of allylic oxidation sites excluding steroid dienone is 7. The van der Waals surface area contributed by atoms with E-state index in [2.05, 4.69) is 117 Å². The van der Waals surface area contributed by atoms with Gasteiger partial charge in [-0.05, 0) is 93.6 Å². The van der Waals surface area contributed by atoms with E-state index in [1.165, 1.54) is 28.0 Å². The van der Waals surface area contributed by atoms with Crippen LogP contribution in [-0.4, -0.2) is 67.4 Å². The Morgan fingerprint density at radius 1 is 0.796 bits per heavy atom. The first-order valence-corrected chi connectivity index (χ1v) is 22.7. The van der Waals surface area contributed by atoms with Gasteiger partial charge in [0, 0.05) is 59.7 Å². The van der Waals surface area contributed by atoms with Crippen molar-refractivity contribution in [2.75, 3.05) is 36.0 Å². The van der Waals surface area contributed by atoms with Crippen LogP contribution in [0.5, 0.6) is 0 Å². The van der Waals surface area contributed by atoms with Gasteiger partial charge in [-0.15, -0.1) is 0 Å². The number of nitrogens with zero attached hydrogens (tertiary/aromatic N) is 2. The molecule has 2 aromatic rings. The Morgan fingerprint density at radius 3 is 2.13 bits per heavy atom. The summed E-state index contributed by atoms with van der Waals surface area (Å²) in [7, 11) is -8.00. The third-order valence-electron chi connectivity index (χ3n) is 11.1. The fraction of sp³-hybridized carbons (Fsp3) is 0.512. The highest BCUT2D eigenvalue weighted by Gasteiger charge is 2.44. The molecule has 11 heteroatoms. The highest BCUT2D eigenvalue weighted by molar-refractivity contribution is 7.86. The van der Waals surface area contributed by atoms with E-state index in [0.717, 1.165) is 55.0 Å². The lowest BCUT2D eigenvalue weighted by Gasteiger charge is -2.27. The van der Waals surface area contributed by atoms with E-state index in [0.29, 0.717) is 44.7 Å². The van der Waals surface area contributed by atoms with E-state index in [1.807, 2.05) is 12.1 Å². The van der Waals surface area contributed by atoms with E-state index in [-0.39, 0.29) is 22.3 Å². The van der Waals surface area contributed by atoms with Crippen molar-refractivity contribution in [1.82, 2.24) is 5.32 Å². The first-order chi connectivity index (χ1) is 25.4. The highest BCUT2D eigenvalue weighted by Crippen LogP contribution is 2.48. The van der Waals surface area contributed by atoms with E-state index in [4.69, 9.17) is 0 Å². The first-order valence-electron chi connectivity index (χ1n) is 19.5. The molecule has 0 atom stereocenters. The summed E-state index contributed by atoms with van der Waals surface area (Å²) in [5.41, 5.74) is 10.3. The van der Waals surface area contributed by atoms with Crippen molar-refractivity contribution in [3.63, 3.8) is 0 Å². The average molecular weight is 779 g/mol. The zero-order valence-electron chi connectivity index (χ0n) is 32.9. The quantitative estimate of drug-likeness (QED) is 0.0780. The van der Waals surface area contributed by atoms with Crippen molar-refractivity contribution in [2.45, 2.75) is 104 Å². The molecule has 5 rings (SSSR count). The van der Waals surface area contributed by atoms with Crippen LogP contribution in [0.4, 0.5) is 11.4 Å². The lowest BCUT2D eigenvalue weighted by molar-refractivity contribution is -0.438. The Bertz CT molecular complexity index is 2070. The largest absolute Gasteiger partial charge is 0.385 e. The molecule has 0 unspecified atom stereocenters. The molecule has 0 fully saturated rings. The number of fused-ring (bicyclic) bond motifs is 2. The molecule has 0 saturated heterocycles. The summed E-state index contributed by atoms with van der Waals surface area (Å²) in [6.45, 7) is 15.7. The van der Waals surface area contributed by atoms with Crippen LogP contribution < -0.4 is 10.2 Å². The van der Waals surface area contributed by atoms with E-state index < -0.39 is 20.2 Å². The Morgan fingerprint density at radius 2 is 1.44 bits per heavy atom. The van der Waals surface area contributed by atoms with Gasteiger partial charge in [-0.25, -0.2) is 0 Å². The van der Waals surface area contributed by atoms with Crippen molar-refractivity contribution in [1.29, 1.82) is 0 Å². The summed E-state index contributed by atoms with van der Waals surface area (Å²) in [5.74, 6) is 0.149. The second-order valence-electron chi connectivity index (χ2n) is 16.4. The van der Waals surface area contributed by atoms with Gasteiger partial charge < -0.3 is 10.2 Å². The summed E-state index contributed by atoms with van der Waals surface area (Å²) in [4.78, 5) is 2.31. The highest BCUT2D eigenvalue weighted by atomic mass is 32.2. The van der Waals surface area contributed by atoms with Gasteiger partial charge in [-0.3, -0.25) is 9.11 Å². The van der Waals surface area contributed by atoms with Gasteiger partial charge >= 0.3 is 0 Å². The molecular formula is C43H60N3O6S2+. The van der Waals surface area contributed by atoms with E-state index in [9.17, 15) is 25.9 Å². The molecule has 1 aliphatic carbocycles. The number of unbranched alkanes of at least 4 members (excludes halogenated alkanes) is 2. The summed E-state index contributed by atoms with van der Waals surface area (Å²) >= 11 is 0. The lowest BCUT2D eigenvalue weighted by Crippen LogP contribution is -2.28. The molecule has 2 heterocycles. The number of hydrogen-bond donors (Lipinski definition) is 3. The fourth-order valence-corrected chi connectivity index (χ4v) is 9.38. The second kappa shape index (κ2) is 17.1. The zero-order valence-corrected chi connectivity index (χ0v) is 34.6. The SMILES string of the molecule is CC(C)CCCNC1=C(/C=C/C2=[N+](CCCCS(=O)(=O)O)c3ccccc3C2(C)C)CC/C1=C\C=C1\N(CCCCS(=O)(=O)O)c2ccccc2C1(C)C. The molecule has 2 aromatic carbocycles. The molecule has 0 bridgehead atoms. The van der Waals surface area contributed by atoms with Crippen molar-refractivity contribution < 1.29 is 30.5 Å². The number of hydrogen-bond acceptors (Lipinski definition) is 6. The summed E-state index contributed by atoms with van der Waals surface area (Å²) in [5, 5.41) is 3.83. The molecule has 294 valence electrons. The topological polar surface area (TPSA) is 127 Å². The normalized spacial score (nSPS) is 19.6. The molecule has 3 aliphatic rings. The molecule has 2 aliphatic heterocycles. The van der Waals surface area contributed by atoms with Crippen LogP contribution in [0.3, 0.4) is 0 Å². The van der Waals surface area contributed by atoms with Gasteiger partial charge in [-0.2, -0.15) is 21.4 Å². The molecule has 3 N–H and O–H groups in total. The Labute approximate surface area is 324 Å². The maximum absolute atomic E-state index is 11.4. The molecule has 0 radical (unpaired) electrons. The Balaban J connectivity index is 1.49. The third-order valence-corrected chi connectivity index (χ3v) is 12.7. The van der Waals surface area contributed by atoms with Crippen molar-refractivity contribution in [3.05, 3.63) is 107 Å². The molecule has 0 aromatic heterocycles. The average Bonchev–Trinajstić information content (AvgIpc) is 3.65. The van der Waals surface area contributed by atoms with Crippen molar-refractivity contribution >= 4 is 37.3 Å². The number of anilines is 1. The van der Waals surface area contributed by atoms with Crippen molar-refractivity contribution in [3.8, 4) is 0 Å². The minimum atomic E-state index is -4.00. The number of benzene rings is 2. The van der Waals surface area contributed by atoms with Gasteiger partial charge in [0.05, 0.1) is 16.9 Å². The lowest BCUT2D eigenvalue weighted by atomic mass is 9.81. The molecule has 0 amide bonds. The number of rotatable bonds is 18. The third kappa shape index (κ3) is 10.0. The van der Waals surface area contributed by atoms with Crippen LogP contribution in [0.1, 0.15) is 104 Å². The first kappa shape index (κ1) is 41.6. The maximum atomic E-state index is 11.4. The molecule has 9 nitrogen and oxygen atoms in total. The van der Waals surface area contributed by atoms with Gasteiger partial charge in [0.25, 0.3) is 20.2 Å². The van der Waals surface area contributed by atoms with Crippen LogP contribution in [0, 0.1) is 5.92 Å².